The molecule has 0 aliphatic carbocycles. The second-order valence-electron chi connectivity index (χ2n) is 7.02. The summed E-state index contributed by atoms with van der Waals surface area (Å²) >= 11 is 0. The average molecular weight is 381 g/mol. The van der Waals surface area contributed by atoms with E-state index in [0.29, 0.717) is 13.1 Å². The maximum atomic E-state index is 11.8. The Morgan fingerprint density at radius 1 is 1.07 bits per heavy atom. The molecule has 0 saturated carbocycles. The van der Waals surface area contributed by atoms with Crippen LogP contribution in [0.5, 0.6) is 0 Å². The van der Waals surface area contributed by atoms with Gasteiger partial charge in [0.05, 0.1) is 0 Å². The first-order valence-corrected chi connectivity index (χ1v) is 9.57. The van der Waals surface area contributed by atoms with Crippen LogP contribution in [0.15, 0.2) is 30.3 Å². The highest BCUT2D eigenvalue weighted by Gasteiger charge is 2.23. The van der Waals surface area contributed by atoms with Gasteiger partial charge in [0, 0.05) is 19.6 Å². The van der Waals surface area contributed by atoms with Crippen molar-refractivity contribution in [1.29, 1.82) is 0 Å². The molecule has 0 bridgehead atoms. The van der Waals surface area contributed by atoms with E-state index in [-0.39, 0.29) is 6.09 Å². The number of hydrogen-bond donors (Lipinski definition) is 0. The molecule has 6 heteroatoms. The first kappa shape index (κ1) is 24.9. The average Bonchev–Trinajstić information content (AvgIpc) is 2.86. The van der Waals surface area contributed by atoms with Gasteiger partial charge in [-0.1, -0.05) is 44.2 Å². The Morgan fingerprint density at radius 2 is 1.70 bits per heavy atom. The fourth-order valence-electron chi connectivity index (χ4n) is 2.26. The molecule has 0 unspecified atom stereocenters. The van der Waals surface area contributed by atoms with Gasteiger partial charge in [0.15, 0.2) is 0 Å². The van der Waals surface area contributed by atoms with Gasteiger partial charge in [-0.25, -0.2) is 4.79 Å². The number of benzene rings is 1. The van der Waals surface area contributed by atoms with E-state index in [0.717, 1.165) is 38.2 Å². The third-order valence-corrected chi connectivity index (χ3v) is 3.53. The van der Waals surface area contributed by atoms with Gasteiger partial charge in [0.1, 0.15) is 12.2 Å². The molecule has 0 N–H and O–H groups in total. The predicted molar refractivity (Wildman–Crippen MR) is 109 cm³/mol. The van der Waals surface area contributed by atoms with Gasteiger partial charge in [-0.05, 0) is 46.3 Å². The van der Waals surface area contributed by atoms with E-state index in [4.69, 9.17) is 4.74 Å². The zero-order valence-corrected chi connectivity index (χ0v) is 17.7. The van der Waals surface area contributed by atoms with Gasteiger partial charge in [0.25, 0.3) is 6.47 Å². The third kappa shape index (κ3) is 12.8. The van der Waals surface area contributed by atoms with Gasteiger partial charge in [-0.15, -0.1) is 0 Å². The van der Waals surface area contributed by atoms with E-state index < -0.39 is 5.60 Å². The van der Waals surface area contributed by atoms with Crippen LogP contribution in [0.2, 0.25) is 0 Å². The van der Waals surface area contributed by atoms with Gasteiger partial charge < -0.3 is 19.3 Å². The molecule has 6 nitrogen and oxygen atoms in total. The maximum Gasteiger partial charge on any atom is 0.410 e. The normalized spacial score (nSPS) is 14.5. The molecule has 0 aromatic heterocycles. The molecule has 2 rings (SSSR count). The van der Waals surface area contributed by atoms with Crippen molar-refractivity contribution in [1.82, 2.24) is 9.80 Å². The van der Waals surface area contributed by atoms with Crippen molar-refractivity contribution in [3.05, 3.63) is 35.9 Å². The zero-order valence-electron chi connectivity index (χ0n) is 17.7. The summed E-state index contributed by atoms with van der Waals surface area (Å²) in [7, 11) is 2.08. The second-order valence-corrected chi connectivity index (χ2v) is 7.02. The lowest BCUT2D eigenvalue weighted by Gasteiger charge is -2.26. The topological polar surface area (TPSA) is 59.1 Å². The summed E-state index contributed by atoms with van der Waals surface area (Å²) in [6.07, 6.45) is 0.841. The molecule has 1 heterocycles. The molecular formula is C21H36N2O4. The molecule has 154 valence electrons. The number of likely N-dealkylation sites (N-methyl/N-ethyl adjacent to an activating group) is 1. The van der Waals surface area contributed by atoms with Crippen LogP contribution in [0.4, 0.5) is 4.79 Å². The molecule has 27 heavy (non-hydrogen) atoms. The molecule has 0 atom stereocenters. The van der Waals surface area contributed by atoms with Gasteiger partial charge in [-0.2, -0.15) is 0 Å². The molecule has 1 aliphatic rings. The fraction of sp³-hybridized carbons (Fsp3) is 0.619. The fourth-order valence-corrected chi connectivity index (χ4v) is 2.26. The largest absolute Gasteiger partial charge is 0.463 e. The minimum Gasteiger partial charge on any atom is -0.463 e. The molecule has 1 aromatic carbocycles. The summed E-state index contributed by atoms with van der Waals surface area (Å²) in [4.78, 5) is 25.6. The first-order valence-electron chi connectivity index (χ1n) is 9.57. The minimum absolute atomic E-state index is 0.183. The summed E-state index contributed by atoms with van der Waals surface area (Å²) in [6, 6.07) is 9.55. The highest BCUT2D eigenvalue weighted by atomic mass is 16.6. The van der Waals surface area contributed by atoms with Crippen LogP contribution in [0, 0.1) is 0 Å². The maximum absolute atomic E-state index is 11.8. The molecule has 1 saturated heterocycles. The van der Waals surface area contributed by atoms with Crippen molar-refractivity contribution >= 4 is 12.6 Å². The summed E-state index contributed by atoms with van der Waals surface area (Å²) in [5, 5.41) is 0. The quantitative estimate of drug-likeness (QED) is 0.743. The molecule has 0 radical (unpaired) electrons. The zero-order chi connectivity index (χ0) is 20.7. The van der Waals surface area contributed by atoms with Crippen LogP contribution >= 0.6 is 0 Å². The lowest BCUT2D eigenvalue weighted by atomic mass is 10.2. The Balaban J connectivity index is 0.000000488. The molecule has 1 amide bonds. The van der Waals surface area contributed by atoms with Crippen molar-refractivity contribution in [2.75, 3.05) is 33.2 Å². The van der Waals surface area contributed by atoms with Crippen LogP contribution in [0.25, 0.3) is 0 Å². The van der Waals surface area contributed by atoms with Crippen molar-refractivity contribution in [2.45, 2.75) is 53.2 Å². The molecular weight excluding hydrogens is 344 g/mol. The number of carbonyl (C=O) groups excluding carboxylic acids is 2. The molecule has 1 fully saturated rings. The van der Waals surface area contributed by atoms with Gasteiger partial charge in [0.2, 0.25) is 0 Å². The predicted octanol–water partition coefficient (Wildman–Crippen LogP) is 3.94. The minimum atomic E-state index is -0.394. The van der Waals surface area contributed by atoms with E-state index in [1.165, 1.54) is 0 Å². The summed E-state index contributed by atoms with van der Waals surface area (Å²) in [5.74, 6) is 0. The van der Waals surface area contributed by atoms with Crippen LogP contribution < -0.4 is 0 Å². The van der Waals surface area contributed by atoms with Crippen molar-refractivity contribution in [2.24, 2.45) is 0 Å². The van der Waals surface area contributed by atoms with E-state index in [1.807, 2.05) is 65.0 Å². The smallest absolute Gasteiger partial charge is 0.410 e. The Morgan fingerprint density at radius 3 is 2.26 bits per heavy atom. The molecule has 1 aromatic rings. The lowest BCUT2D eigenvalue weighted by Crippen LogP contribution is -2.38. The van der Waals surface area contributed by atoms with E-state index in [1.54, 1.807) is 4.90 Å². The van der Waals surface area contributed by atoms with E-state index >= 15 is 0 Å². The number of carbonyl (C=O) groups is 2. The second kappa shape index (κ2) is 14.0. The number of nitrogens with zero attached hydrogens (tertiary/aromatic N) is 2. The van der Waals surface area contributed by atoms with Gasteiger partial charge in [-0.3, -0.25) is 4.79 Å². The Hall–Kier alpha value is -2.08. The van der Waals surface area contributed by atoms with E-state index in [9.17, 15) is 9.59 Å². The number of hydrogen-bond acceptors (Lipinski definition) is 5. The Kier molecular flexibility index (Phi) is 13.0. The van der Waals surface area contributed by atoms with Crippen LogP contribution in [-0.2, 0) is 20.9 Å². The monoisotopic (exact) mass is 380 g/mol. The van der Waals surface area contributed by atoms with E-state index in [2.05, 4.69) is 16.7 Å². The first-order chi connectivity index (χ1) is 12.8. The number of ether oxygens (including phenoxy) is 2. The van der Waals surface area contributed by atoms with Crippen LogP contribution in [0.3, 0.4) is 0 Å². The molecule has 1 aliphatic heterocycles. The Labute approximate surface area is 164 Å². The number of amides is 1. The number of rotatable bonds is 3. The molecule has 0 spiro atoms. The van der Waals surface area contributed by atoms with Gasteiger partial charge >= 0.3 is 6.09 Å². The highest BCUT2D eigenvalue weighted by molar-refractivity contribution is 5.68. The third-order valence-electron chi connectivity index (χ3n) is 3.53. The summed E-state index contributed by atoms with van der Waals surface area (Å²) in [5.41, 5.74) is 0.615. The Bertz CT molecular complexity index is 515. The SMILES string of the molecule is CC.CN1CCCN(C(=O)OC(C)(C)C)CC1.O=COCc1ccccc1. The van der Waals surface area contributed by atoms with Crippen molar-refractivity contribution in [3.63, 3.8) is 0 Å². The lowest BCUT2D eigenvalue weighted by molar-refractivity contribution is -0.129. The van der Waals surface area contributed by atoms with Crippen molar-refractivity contribution in [3.8, 4) is 0 Å². The summed E-state index contributed by atoms with van der Waals surface area (Å²) < 4.78 is 9.88. The highest BCUT2D eigenvalue weighted by Crippen LogP contribution is 2.11. The standard InChI is InChI=1S/C11H22N2O2.C8H8O2.C2H6/c1-11(2,3)15-10(14)13-7-5-6-12(4)8-9-13;9-7-10-6-8-4-2-1-3-5-8;1-2/h5-9H2,1-4H3;1-5,7H,6H2;1-2H3. The van der Waals surface area contributed by atoms with Crippen LogP contribution in [-0.4, -0.2) is 61.2 Å². The summed E-state index contributed by atoms with van der Waals surface area (Å²) in [6.45, 7) is 14.1. The van der Waals surface area contributed by atoms with Crippen molar-refractivity contribution < 1.29 is 19.1 Å². The van der Waals surface area contributed by atoms with Crippen LogP contribution in [0.1, 0.15) is 46.6 Å².